The molecule has 1 aromatic rings. The number of thiazole rings is 1. The summed E-state index contributed by atoms with van der Waals surface area (Å²) in [5.41, 5.74) is 0.138. The average Bonchev–Trinajstić information content (AvgIpc) is 2.76. The fourth-order valence-electron chi connectivity index (χ4n) is 2.05. The molecule has 1 aliphatic heterocycles. The van der Waals surface area contributed by atoms with Gasteiger partial charge in [0.1, 0.15) is 5.41 Å². The fourth-order valence-corrected chi connectivity index (χ4v) is 3.98. The van der Waals surface area contributed by atoms with Crippen molar-refractivity contribution < 1.29 is 9.53 Å². The highest BCUT2D eigenvalue weighted by atomic mass is 32.2. The van der Waals surface area contributed by atoms with Crippen LogP contribution in [0.15, 0.2) is 5.38 Å². The number of aromatic nitrogens is 1. The zero-order chi connectivity index (χ0) is 14.6. The molecule has 0 atom stereocenters. The van der Waals surface area contributed by atoms with Gasteiger partial charge in [0.05, 0.1) is 12.3 Å². The van der Waals surface area contributed by atoms with Gasteiger partial charge in [0.15, 0.2) is 5.13 Å². The second-order valence-corrected chi connectivity index (χ2v) is 7.38. The molecule has 6 heteroatoms. The summed E-state index contributed by atoms with van der Waals surface area (Å²) >= 11 is 3.62. The summed E-state index contributed by atoms with van der Waals surface area (Å²) in [5, 5.41) is 3.02. The Morgan fingerprint density at radius 3 is 3.00 bits per heavy atom. The molecule has 0 N–H and O–H groups in total. The number of hydrogen-bond donors (Lipinski definition) is 0. The number of thioether (sulfide) groups is 1. The van der Waals surface area contributed by atoms with E-state index in [1.807, 2.05) is 37.9 Å². The monoisotopic (exact) mass is 314 g/mol. The lowest BCUT2D eigenvalue weighted by Gasteiger charge is -2.21. The molecule has 112 valence electrons. The lowest BCUT2D eigenvalue weighted by molar-refractivity contribution is -0.148. The Hall–Kier alpha value is -0.750. The first kappa shape index (κ1) is 15.6. The summed E-state index contributed by atoms with van der Waals surface area (Å²) in [7, 11) is 0. The summed E-state index contributed by atoms with van der Waals surface area (Å²) < 4.78 is 5.14. The van der Waals surface area contributed by atoms with Gasteiger partial charge in [-0.25, -0.2) is 4.98 Å². The molecule has 2 heterocycles. The second-order valence-electron chi connectivity index (χ2n) is 5.31. The van der Waals surface area contributed by atoms with Crippen LogP contribution in [0, 0.1) is 0 Å². The number of carbonyl (C=O) groups is 1. The standard InChI is InChI=1S/C14H22N2O2S2/c1-4-18-12(17)14(2,3)11-10-20-13(15-11)16-6-5-8-19-9-7-16/h10H,4-9H2,1-3H3. The third-order valence-electron chi connectivity index (χ3n) is 3.41. The molecule has 1 saturated heterocycles. The van der Waals surface area contributed by atoms with Crippen LogP contribution in [0.4, 0.5) is 5.13 Å². The number of anilines is 1. The first-order chi connectivity index (χ1) is 9.55. The van der Waals surface area contributed by atoms with E-state index in [-0.39, 0.29) is 5.97 Å². The molecule has 0 bridgehead atoms. The van der Waals surface area contributed by atoms with Crippen LogP contribution >= 0.6 is 23.1 Å². The lowest BCUT2D eigenvalue weighted by atomic mass is 9.90. The smallest absolute Gasteiger partial charge is 0.317 e. The van der Waals surface area contributed by atoms with Crippen molar-refractivity contribution in [1.82, 2.24) is 4.98 Å². The molecule has 0 aromatic carbocycles. The van der Waals surface area contributed by atoms with Crippen molar-refractivity contribution in [1.29, 1.82) is 0 Å². The van der Waals surface area contributed by atoms with Crippen LogP contribution in [0.25, 0.3) is 0 Å². The highest BCUT2D eigenvalue weighted by molar-refractivity contribution is 7.99. The van der Waals surface area contributed by atoms with E-state index in [0.717, 1.165) is 29.7 Å². The van der Waals surface area contributed by atoms with Crippen molar-refractivity contribution in [2.24, 2.45) is 0 Å². The summed E-state index contributed by atoms with van der Waals surface area (Å²) in [6.07, 6.45) is 1.20. The van der Waals surface area contributed by atoms with Gasteiger partial charge in [-0.3, -0.25) is 4.79 Å². The van der Waals surface area contributed by atoms with Crippen molar-refractivity contribution in [3.05, 3.63) is 11.1 Å². The Morgan fingerprint density at radius 1 is 1.45 bits per heavy atom. The average molecular weight is 314 g/mol. The van der Waals surface area contributed by atoms with Gasteiger partial charge in [0.2, 0.25) is 0 Å². The summed E-state index contributed by atoms with van der Waals surface area (Å²) in [4.78, 5) is 19.0. The normalized spacial score (nSPS) is 16.9. The highest BCUT2D eigenvalue weighted by Gasteiger charge is 2.34. The maximum Gasteiger partial charge on any atom is 0.317 e. The number of hydrogen-bond acceptors (Lipinski definition) is 6. The number of carbonyl (C=O) groups excluding carboxylic acids is 1. The maximum atomic E-state index is 12.0. The van der Waals surface area contributed by atoms with E-state index >= 15 is 0 Å². The topological polar surface area (TPSA) is 42.4 Å². The molecule has 0 saturated carbocycles. The zero-order valence-electron chi connectivity index (χ0n) is 12.3. The molecule has 1 aliphatic rings. The predicted octanol–water partition coefficient (Wildman–Crippen LogP) is 2.93. The molecule has 0 amide bonds. The fraction of sp³-hybridized carbons (Fsp3) is 0.714. The van der Waals surface area contributed by atoms with E-state index in [1.54, 1.807) is 11.3 Å². The lowest BCUT2D eigenvalue weighted by Crippen LogP contribution is -2.32. The van der Waals surface area contributed by atoms with Crippen LogP contribution in [-0.2, 0) is 14.9 Å². The van der Waals surface area contributed by atoms with E-state index in [1.165, 1.54) is 12.2 Å². The molecule has 0 aliphatic carbocycles. The Balaban J connectivity index is 2.13. The minimum Gasteiger partial charge on any atom is -0.465 e. The summed E-state index contributed by atoms with van der Waals surface area (Å²) in [5.74, 6) is 2.17. The second kappa shape index (κ2) is 6.80. The van der Waals surface area contributed by atoms with E-state index in [2.05, 4.69) is 9.88 Å². The minimum atomic E-state index is -0.675. The van der Waals surface area contributed by atoms with Crippen LogP contribution in [0.3, 0.4) is 0 Å². The van der Waals surface area contributed by atoms with Gasteiger partial charge in [0.25, 0.3) is 0 Å². The van der Waals surface area contributed by atoms with Gasteiger partial charge in [-0.15, -0.1) is 11.3 Å². The largest absolute Gasteiger partial charge is 0.465 e. The van der Waals surface area contributed by atoms with E-state index in [0.29, 0.717) is 6.61 Å². The molecule has 0 radical (unpaired) electrons. The van der Waals surface area contributed by atoms with Gasteiger partial charge in [-0.05, 0) is 32.9 Å². The third-order valence-corrected chi connectivity index (χ3v) is 5.36. The number of nitrogens with zero attached hydrogens (tertiary/aromatic N) is 2. The van der Waals surface area contributed by atoms with E-state index in [4.69, 9.17) is 4.74 Å². The van der Waals surface area contributed by atoms with Gasteiger partial charge >= 0.3 is 5.97 Å². The van der Waals surface area contributed by atoms with Crippen molar-refractivity contribution in [2.75, 3.05) is 36.1 Å². The van der Waals surface area contributed by atoms with Crippen molar-refractivity contribution in [3.63, 3.8) is 0 Å². The SMILES string of the molecule is CCOC(=O)C(C)(C)c1csc(N2CCCSCC2)n1. The third kappa shape index (κ3) is 3.47. The van der Waals surface area contributed by atoms with E-state index in [9.17, 15) is 4.79 Å². The van der Waals surface area contributed by atoms with Crippen LogP contribution in [0.2, 0.25) is 0 Å². The first-order valence-electron chi connectivity index (χ1n) is 7.01. The number of ether oxygens (including phenoxy) is 1. The highest BCUT2D eigenvalue weighted by Crippen LogP contribution is 2.31. The first-order valence-corrected chi connectivity index (χ1v) is 9.05. The number of rotatable bonds is 4. The van der Waals surface area contributed by atoms with Crippen LogP contribution in [0.1, 0.15) is 32.9 Å². The Bertz CT molecular complexity index is 452. The molecule has 0 unspecified atom stereocenters. The molecular weight excluding hydrogens is 292 g/mol. The van der Waals surface area contributed by atoms with Crippen LogP contribution < -0.4 is 4.90 Å². The molecule has 0 spiro atoms. The molecule has 2 rings (SSSR count). The van der Waals surface area contributed by atoms with Crippen molar-refractivity contribution in [3.8, 4) is 0 Å². The summed E-state index contributed by atoms with van der Waals surface area (Å²) in [6, 6.07) is 0. The van der Waals surface area contributed by atoms with Crippen LogP contribution in [-0.4, -0.2) is 42.2 Å². The quantitative estimate of drug-likeness (QED) is 0.799. The minimum absolute atomic E-state index is 0.205. The van der Waals surface area contributed by atoms with Crippen LogP contribution in [0.5, 0.6) is 0 Å². The molecule has 20 heavy (non-hydrogen) atoms. The maximum absolute atomic E-state index is 12.0. The Labute approximate surface area is 128 Å². The predicted molar refractivity (Wildman–Crippen MR) is 85.9 cm³/mol. The molecular formula is C14H22N2O2S2. The van der Waals surface area contributed by atoms with Gasteiger partial charge in [-0.1, -0.05) is 0 Å². The van der Waals surface area contributed by atoms with Gasteiger partial charge < -0.3 is 9.64 Å². The van der Waals surface area contributed by atoms with Crippen molar-refractivity contribution >= 4 is 34.2 Å². The van der Waals surface area contributed by atoms with E-state index < -0.39 is 5.41 Å². The molecule has 1 fully saturated rings. The molecule has 4 nitrogen and oxygen atoms in total. The zero-order valence-corrected chi connectivity index (χ0v) is 14.0. The van der Waals surface area contributed by atoms with Gasteiger partial charge in [-0.2, -0.15) is 11.8 Å². The summed E-state index contributed by atoms with van der Waals surface area (Å²) in [6.45, 7) is 8.08. The molecule has 1 aromatic heterocycles. The Kier molecular flexibility index (Phi) is 5.32. The Morgan fingerprint density at radius 2 is 2.25 bits per heavy atom. The number of esters is 1. The van der Waals surface area contributed by atoms with Crippen molar-refractivity contribution in [2.45, 2.75) is 32.6 Å². The van der Waals surface area contributed by atoms with Gasteiger partial charge in [0, 0.05) is 24.2 Å².